The third-order valence-corrected chi connectivity index (χ3v) is 3.56. The number of benzene rings is 1. The van der Waals surface area contributed by atoms with Gasteiger partial charge in [0.05, 0.1) is 10.0 Å². The zero-order valence-electron chi connectivity index (χ0n) is 8.81. The molecule has 0 saturated carbocycles. The van der Waals surface area contributed by atoms with Crippen molar-refractivity contribution in [3.8, 4) is 11.4 Å². The molecule has 3 rings (SSSR count). The normalized spacial score (nSPS) is 11.1. The molecule has 0 radical (unpaired) electrons. The Labute approximate surface area is 117 Å². The lowest BCUT2D eigenvalue weighted by Crippen LogP contribution is -1.91. The lowest BCUT2D eigenvalue weighted by molar-refractivity contribution is 1.11. The molecule has 0 bridgehead atoms. The zero-order valence-corrected chi connectivity index (χ0v) is 11.1. The smallest absolute Gasteiger partial charge is 0.198 e. The van der Waals surface area contributed by atoms with E-state index in [1.165, 1.54) is 0 Å². The van der Waals surface area contributed by atoms with Gasteiger partial charge in [0, 0.05) is 18.0 Å². The molecule has 0 spiro atoms. The molecule has 1 aromatic carbocycles. The highest BCUT2D eigenvalue weighted by Gasteiger charge is 2.14. The van der Waals surface area contributed by atoms with Gasteiger partial charge in [0.2, 0.25) is 0 Å². The molecule has 0 N–H and O–H groups in total. The van der Waals surface area contributed by atoms with Crippen LogP contribution in [0.5, 0.6) is 0 Å². The summed E-state index contributed by atoms with van der Waals surface area (Å²) in [5, 5.41) is 9.24. The molecule has 3 aromatic rings. The molecule has 0 aliphatic heterocycles. The van der Waals surface area contributed by atoms with Crippen molar-refractivity contribution < 1.29 is 0 Å². The molecule has 0 aliphatic rings. The summed E-state index contributed by atoms with van der Waals surface area (Å²) in [4.78, 5) is 3.94. The molecule has 2 aromatic heterocycles. The van der Waals surface area contributed by atoms with Gasteiger partial charge in [-0.15, -0.1) is 10.2 Å². The summed E-state index contributed by atoms with van der Waals surface area (Å²) in [6.07, 6.45) is 3.29. The van der Waals surface area contributed by atoms with E-state index in [1.807, 2.05) is 6.07 Å². The van der Waals surface area contributed by atoms with Crippen LogP contribution in [0, 0.1) is 0 Å². The van der Waals surface area contributed by atoms with Crippen LogP contribution in [0.1, 0.15) is 0 Å². The minimum absolute atomic E-state index is 0.286. The first kappa shape index (κ1) is 11.7. The Kier molecular flexibility index (Phi) is 2.86. The van der Waals surface area contributed by atoms with Crippen LogP contribution < -0.4 is 0 Å². The Bertz CT molecular complexity index is 738. The van der Waals surface area contributed by atoms with Gasteiger partial charge in [-0.3, -0.25) is 4.40 Å². The second kappa shape index (κ2) is 4.39. The largest absolute Gasteiger partial charge is 0.278 e. The number of aromatic nitrogens is 4. The van der Waals surface area contributed by atoms with Crippen molar-refractivity contribution in [2.75, 3.05) is 0 Å². The van der Waals surface area contributed by atoms with Crippen LogP contribution in [-0.2, 0) is 0 Å². The zero-order chi connectivity index (χ0) is 12.7. The van der Waals surface area contributed by atoms with Crippen molar-refractivity contribution in [2.45, 2.75) is 0 Å². The van der Waals surface area contributed by atoms with Gasteiger partial charge in [0.1, 0.15) is 0 Å². The summed E-state index contributed by atoms with van der Waals surface area (Å²) >= 11 is 18.1. The monoisotopic (exact) mass is 298 g/mol. The first-order chi connectivity index (χ1) is 8.68. The number of rotatable bonds is 1. The van der Waals surface area contributed by atoms with Crippen LogP contribution in [0.25, 0.3) is 17.0 Å². The number of hydrogen-bond donors (Lipinski definition) is 0. The summed E-state index contributed by atoms with van der Waals surface area (Å²) in [5.41, 5.74) is 1.17. The molecular formula is C11H5Cl3N4. The molecular weight excluding hydrogens is 295 g/mol. The van der Waals surface area contributed by atoms with Crippen molar-refractivity contribution in [3.63, 3.8) is 0 Å². The van der Waals surface area contributed by atoms with Crippen molar-refractivity contribution in [2.24, 2.45) is 0 Å². The Morgan fingerprint density at radius 2 is 1.89 bits per heavy atom. The van der Waals surface area contributed by atoms with Crippen LogP contribution in [0.4, 0.5) is 0 Å². The predicted molar refractivity (Wildman–Crippen MR) is 71.2 cm³/mol. The van der Waals surface area contributed by atoms with Crippen molar-refractivity contribution >= 4 is 40.4 Å². The van der Waals surface area contributed by atoms with Gasteiger partial charge >= 0.3 is 0 Å². The molecule has 0 aliphatic carbocycles. The predicted octanol–water partition coefficient (Wildman–Crippen LogP) is 3.75. The van der Waals surface area contributed by atoms with E-state index in [0.29, 0.717) is 27.1 Å². The molecule has 0 amide bonds. The highest BCUT2D eigenvalue weighted by molar-refractivity contribution is 6.43. The summed E-state index contributed by atoms with van der Waals surface area (Å²) in [7, 11) is 0. The Balaban J connectivity index is 2.33. The number of hydrogen-bond acceptors (Lipinski definition) is 3. The summed E-state index contributed by atoms with van der Waals surface area (Å²) in [6.45, 7) is 0. The molecule has 2 heterocycles. The minimum atomic E-state index is 0.286. The molecule has 4 nitrogen and oxygen atoms in total. The van der Waals surface area contributed by atoms with Crippen LogP contribution in [0.15, 0.2) is 30.6 Å². The molecule has 7 heteroatoms. The second-order valence-electron chi connectivity index (χ2n) is 3.54. The van der Waals surface area contributed by atoms with E-state index < -0.39 is 0 Å². The maximum atomic E-state index is 6.16. The Morgan fingerprint density at radius 1 is 1.06 bits per heavy atom. The lowest BCUT2D eigenvalue weighted by atomic mass is 10.2. The second-order valence-corrected chi connectivity index (χ2v) is 4.68. The van der Waals surface area contributed by atoms with E-state index in [9.17, 15) is 0 Å². The highest BCUT2D eigenvalue weighted by atomic mass is 35.5. The maximum Gasteiger partial charge on any atom is 0.198 e. The van der Waals surface area contributed by atoms with Gasteiger partial charge in [0.15, 0.2) is 16.6 Å². The molecule has 0 atom stereocenters. The van der Waals surface area contributed by atoms with E-state index in [0.717, 1.165) is 0 Å². The molecule has 0 unspecified atom stereocenters. The SMILES string of the molecule is Clc1cccc(-c2nnc3c(Cl)nccn23)c1Cl. The average Bonchev–Trinajstić information content (AvgIpc) is 2.78. The van der Waals surface area contributed by atoms with Crippen LogP contribution in [-0.4, -0.2) is 19.6 Å². The van der Waals surface area contributed by atoms with Gasteiger partial charge < -0.3 is 0 Å². The van der Waals surface area contributed by atoms with E-state index in [2.05, 4.69) is 15.2 Å². The fourth-order valence-corrected chi connectivity index (χ4v) is 2.23. The minimum Gasteiger partial charge on any atom is -0.278 e. The summed E-state index contributed by atoms with van der Waals surface area (Å²) in [5.74, 6) is 0.571. The van der Waals surface area contributed by atoms with Crippen molar-refractivity contribution in [1.29, 1.82) is 0 Å². The summed E-state index contributed by atoms with van der Waals surface area (Å²) in [6, 6.07) is 5.33. The standard InChI is InChI=1S/C11H5Cl3N4/c12-7-3-1-2-6(8(7)13)10-16-17-11-9(14)15-4-5-18(10)11/h1-5H. The Morgan fingerprint density at radius 3 is 2.72 bits per heavy atom. The molecule has 18 heavy (non-hydrogen) atoms. The summed E-state index contributed by atoms with van der Waals surface area (Å²) < 4.78 is 1.72. The molecule has 90 valence electrons. The Hall–Kier alpha value is -1.36. The highest BCUT2D eigenvalue weighted by Crippen LogP contribution is 2.32. The topological polar surface area (TPSA) is 43.1 Å². The van der Waals surface area contributed by atoms with Crippen molar-refractivity contribution in [1.82, 2.24) is 19.6 Å². The number of nitrogens with zero attached hydrogens (tertiary/aromatic N) is 4. The van der Waals surface area contributed by atoms with E-state index >= 15 is 0 Å². The van der Waals surface area contributed by atoms with Gasteiger partial charge in [-0.1, -0.05) is 40.9 Å². The molecule has 0 fully saturated rings. The lowest BCUT2D eigenvalue weighted by Gasteiger charge is -2.03. The quantitative estimate of drug-likeness (QED) is 0.687. The fraction of sp³-hybridized carbons (Fsp3) is 0. The maximum absolute atomic E-state index is 6.16. The first-order valence-corrected chi connectivity index (χ1v) is 6.11. The molecule has 0 saturated heterocycles. The van der Waals surface area contributed by atoms with Crippen LogP contribution >= 0.6 is 34.8 Å². The van der Waals surface area contributed by atoms with Crippen LogP contribution in [0.2, 0.25) is 15.2 Å². The van der Waals surface area contributed by atoms with Gasteiger partial charge in [-0.05, 0) is 12.1 Å². The van der Waals surface area contributed by atoms with Crippen molar-refractivity contribution in [3.05, 3.63) is 45.8 Å². The third-order valence-electron chi connectivity index (χ3n) is 2.48. The first-order valence-electron chi connectivity index (χ1n) is 4.98. The van der Waals surface area contributed by atoms with E-state index in [4.69, 9.17) is 34.8 Å². The third kappa shape index (κ3) is 1.73. The van der Waals surface area contributed by atoms with Gasteiger partial charge in [0.25, 0.3) is 0 Å². The fourth-order valence-electron chi connectivity index (χ4n) is 1.66. The number of fused-ring (bicyclic) bond motifs is 1. The average molecular weight is 300 g/mol. The van der Waals surface area contributed by atoms with Gasteiger partial charge in [-0.25, -0.2) is 4.98 Å². The van der Waals surface area contributed by atoms with Gasteiger partial charge in [-0.2, -0.15) is 0 Å². The van der Waals surface area contributed by atoms with E-state index in [1.54, 1.807) is 28.9 Å². The number of halogens is 3. The van der Waals surface area contributed by atoms with Crippen LogP contribution in [0.3, 0.4) is 0 Å². The van der Waals surface area contributed by atoms with E-state index in [-0.39, 0.29) is 5.15 Å².